The second kappa shape index (κ2) is 7.84. The molecule has 0 fully saturated rings. The largest absolute Gasteiger partial charge is 0.356 e. The van der Waals surface area contributed by atoms with E-state index in [0.29, 0.717) is 0 Å². The van der Waals surface area contributed by atoms with Crippen molar-refractivity contribution in [3.63, 3.8) is 0 Å². The minimum Gasteiger partial charge on any atom is -0.356 e. The Morgan fingerprint density at radius 2 is 2.23 bits per heavy atom. The molecule has 0 aromatic rings. The number of hydrogen-bond acceptors (Lipinski definition) is 1. The molecular formula is C11H21NO. The van der Waals surface area contributed by atoms with E-state index < -0.39 is 0 Å². The molecule has 1 N–H and O–H groups in total. The zero-order chi connectivity index (χ0) is 10.1. The molecule has 1 amide bonds. The predicted molar refractivity (Wildman–Crippen MR) is 56.5 cm³/mol. The van der Waals surface area contributed by atoms with Crippen LogP contribution in [0.5, 0.6) is 0 Å². The van der Waals surface area contributed by atoms with Crippen LogP contribution in [0, 0.1) is 5.92 Å². The fourth-order valence-electron chi connectivity index (χ4n) is 1.01. The van der Waals surface area contributed by atoms with Gasteiger partial charge in [0.2, 0.25) is 5.91 Å². The number of carbonyl (C=O) groups is 1. The molecule has 2 heteroatoms. The van der Waals surface area contributed by atoms with E-state index in [0.717, 1.165) is 25.8 Å². The van der Waals surface area contributed by atoms with Crippen LogP contribution in [0.15, 0.2) is 12.2 Å². The van der Waals surface area contributed by atoms with E-state index in [-0.39, 0.29) is 11.8 Å². The number of amides is 1. The maximum Gasteiger partial charge on any atom is 0.223 e. The molecule has 0 aliphatic rings. The fraction of sp³-hybridized carbons (Fsp3) is 0.727. The summed E-state index contributed by atoms with van der Waals surface area (Å²) < 4.78 is 0. The summed E-state index contributed by atoms with van der Waals surface area (Å²) in [6, 6.07) is 0. The second-order valence-electron chi connectivity index (χ2n) is 3.35. The number of carbonyl (C=O) groups excluding carboxylic acids is 1. The van der Waals surface area contributed by atoms with Crippen LogP contribution in [0.1, 0.15) is 40.0 Å². The van der Waals surface area contributed by atoms with Crippen molar-refractivity contribution < 1.29 is 4.79 Å². The fourth-order valence-corrected chi connectivity index (χ4v) is 1.01. The lowest BCUT2D eigenvalue weighted by Gasteiger charge is -2.09. The molecule has 1 unspecified atom stereocenters. The lowest BCUT2D eigenvalue weighted by Crippen LogP contribution is -2.29. The van der Waals surface area contributed by atoms with Crippen molar-refractivity contribution in [1.82, 2.24) is 5.32 Å². The zero-order valence-corrected chi connectivity index (χ0v) is 8.97. The molecule has 0 rings (SSSR count). The SMILES string of the molecule is CC=CCC(C)C(=O)NCCCC. The maximum absolute atomic E-state index is 11.4. The molecule has 0 aromatic heterocycles. The van der Waals surface area contributed by atoms with Crippen LogP contribution in [0.4, 0.5) is 0 Å². The number of nitrogens with one attached hydrogen (secondary N) is 1. The van der Waals surface area contributed by atoms with Gasteiger partial charge in [-0.2, -0.15) is 0 Å². The summed E-state index contributed by atoms with van der Waals surface area (Å²) in [5, 5.41) is 2.92. The number of unbranched alkanes of at least 4 members (excludes halogenated alkanes) is 1. The first-order chi connectivity index (χ1) is 6.22. The Hall–Kier alpha value is -0.790. The average Bonchev–Trinajstić information content (AvgIpc) is 2.14. The highest BCUT2D eigenvalue weighted by Crippen LogP contribution is 2.02. The first-order valence-electron chi connectivity index (χ1n) is 5.11. The minimum absolute atomic E-state index is 0.105. The molecule has 2 nitrogen and oxygen atoms in total. The molecule has 0 aromatic carbocycles. The van der Waals surface area contributed by atoms with Crippen molar-refractivity contribution in [1.29, 1.82) is 0 Å². The normalized spacial score (nSPS) is 13.2. The highest BCUT2D eigenvalue weighted by atomic mass is 16.1. The van der Waals surface area contributed by atoms with Crippen molar-refractivity contribution >= 4 is 5.91 Å². The summed E-state index contributed by atoms with van der Waals surface area (Å²) in [5.41, 5.74) is 0. The summed E-state index contributed by atoms with van der Waals surface area (Å²) in [6.07, 6.45) is 7.06. The molecule has 0 radical (unpaired) electrons. The monoisotopic (exact) mass is 183 g/mol. The number of hydrogen-bond donors (Lipinski definition) is 1. The van der Waals surface area contributed by atoms with E-state index in [9.17, 15) is 4.79 Å². The van der Waals surface area contributed by atoms with Gasteiger partial charge in [-0.25, -0.2) is 0 Å². The van der Waals surface area contributed by atoms with E-state index in [1.165, 1.54) is 0 Å². The Morgan fingerprint density at radius 1 is 1.54 bits per heavy atom. The van der Waals surface area contributed by atoms with E-state index in [4.69, 9.17) is 0 Å². The van der Waals surface area contributed by atoms with Crippen LogP contribution in [-0.2, 0) is 4.79 Å². The number of rotatable bonds is 6. The Morgan fingerprint density at radius 3 is 2.77 bits per heavy atom. The van der Waals surface area contributed by atoms with Gasteiger partial charge in [-0.1, -0.05) is 32.4 Å². The van der Waals surface area contributed by atoms with Crippen LogP contribution in [0.25, 0.3) is 0 Å². The van der Waals surface area contributed by atoms with E-state index in [1.54, 1.807) is 0 Å². The number of allylic oxidation sites excluding steroid dienone is 2. The lowest BCUT2D eigenvalue weighted by molar-refractivity contribution is -0.124. The molecule has 0 bridgehead atoms. The van der Waals surface area contributed by atoms with Gasteiger partial charge in [0.25, 0.3) is 0 Å². The Labute approximate surface area is 81.4 Å². The molecule has 0 spiro atoms. The lowest BCUT2D eigenvalue weighted by atomic mass is 10.1. The van der Waals surface area contributed by atoms with Crippen molar-refractivity contribution in [2.75, 3.05) is 6.54 Å². The summed E-state index contributed by atoms with van der Waals surface area (Å²) in [5.74, 6) is 0.277. The van der Waals surface area contributed by atoms with Gasteiger partial charge >= 0.3 is 0 Å². The van der Waals surface area contributed by atoms with Gasteiger partial charge in [0, 0.05) is 12.5 Å². The van der Waals surface area contributed by atoms with Gasteiger partial charge in [-0.15, -0.1) is 0 Å². The van der Waals surface area contributed by atoms with Crippen LogP contribution in [0.3, 0.4) is 0 Å². The third-order valence-electron chi connectivity index (χ3n) is 2.00. The molecule has 0 aliphatic heterocycles. The topological polar surface area (TPSA) is 29.1 Å². The Bertz CT molecular complexity index is 163. The van der Waals surface area contributed by atoms with Gasteiger partial charge in [-0.05, 0) is 19.8 Å². The predicted octanol–water partition coefficient (Wildman–Crippen LogP) is 2.51. The van der Waals surface area contributed by atoms with E-state index in [1.807, 2.05) is 26.0 Å². The van der Waals surface area contributed by atoms with Crippen LogP contribution in [-0.4, -0.2) is 12.5 Å². The van der Waals surface area contributed by atoms with Gasteiger partial charge in [-0.3, -0.25) is 4.79 Å². The van der Waals surface area contributed by atoms with Crippen molar-refractivity contribution in [2.24, 2.45) is 5.92 Å². The Kier molecular flexibility index (Phi) is 7.36. The molecule has 76 valence electrons. The van der Waals surface area contributed by atoms with Gasteiger partial charge < -0.3 is 5.32 Å². The molecule has 0 heterocycles. The molecule has 13 heavy (non-hydrogen) atoms. The summed E-state index contributed by atoms with van der Waals surface area (Å²) in [6.45, 7) is 6.87. The summed E-state index contributed by atoms with van der Waals surface area (Å²) in [4.78, 5) is 11.4. The van der Waals surface area contributed by atoms with E-state index in [2.05, 4.69) is 12.2 Å². The molecule has 1 atom stereocenters. The van der Waals surface area contributed by atoms with Crippen LogP contribution >= 0.6 is 0 Å². The molecule has 0 saturated heterocycles. The van der Waals surface area contributed by atoms with E-state index >= 15 is 0 Å². The molecule has 0 aliphatic carbocycles. The molecule has 0 saturated carbocycles. The van der Waals surface area contributed by atoms with Crippen molar-refractivity contribution in [3.8, 4) is 0 Å². The smallest absolute Gasteiger partial charge is 0.223 e. The minimum atomic E-state index is 0.105. The van der Waals surface area contributed by atoms with Gasteiger partial charge in [0.05, 0.1) is 0 Å². The summed E-state index contributed by atoms with van der Waals surface area (Å²) >= 11 is 0. The second-order valence-corrected chi connectivity index (χ2v) is 3.35. The summed E-state index contributed by atoms with van der Waals surface area (Å²) in [7, 11) is 0. The highest BCUT2D eigenvalue weighted by molar-refractivity contribution is 5.78. The highest BCUT2D eigenvalue weighted by Gasteiger charge is 2.09. The van der Waals surface area contributed by atoms with Gasteiger partial charge in [0.15, 0.2) is 0 Å². The zero-order valence-electron chi connectivity index (χ0n) is 8.97. The first kappa shape index (κ1) is 12.2. The quantitative estimate of drug-likeness (QED) is 0.497. The first-order valence-corrected chi connectivity index (χ1v) is 5.11. The maximum atomic E-state index is 11.4. The standard InChI is InChI=1S/C11H21NO/c1-4-6-8-10(3)11(13)12-9-7-5-2/h4,6,10H,5,7-9H2,1-3H3,(H,12,13). The van der Waals surface area contributed by atoms with Crippen molar-refractivity contribution in [3.05, 3.63) is 12.2 Å². The van der Waals surface area contributed by atoms with Gasteiger partial charge in [0.1, 0.15) is 0 Å². The van der Waals surface area contributed by atoms with Crippen molar-refractivity contribution in [2.45, 2.75) is 40.0 Å². The third-order valence-corrected chi connectivity index (χ3v) is 2.00. The van der Waals surface area contributed by atoms with Crippen LogP contribution in [0.2, 0.25) is 0 Å². The third kappa shape index (κ3) is 6.38. The molecular weight excluding hydrogens is 162 g/mol. The average molecular weight is 183 g/mol. The van der Waals surface area contributed by atoms with Crippen LogP contribution < -0.4 is 5.32 Å². The Balaban J connectivity index is 3.56.